The van der Waals surface area contributed by atoms with Gasteiger partial charge < -0.3 is 14.8 Å². The second-order valence-electron chi connectivity index (χ2n) is 7.72. The summed E-state index contributed by atoms with van der Waals surface area (Å²) in [5.41, 5.74) is 2.79. The Hall–Kier alpha value is -2.34. The molecule has 5 nitrogen and oxygen atoms in total. The number of nitrogens with one attached hydrogen (secondary N) is 1. The van der Waals surface area contributed by atoms with Crippen LogP contribution in [0.15, 0.2) is 24.3 Å². The summed E-state index contributed by atoms with van der Waals surface area (Å²) in [5.74, 6) is 0.736. The van der Waals surface area contributed by atoms with E-state index in [1.165, 1.54) is 21.8 Å². The van der Waals surface area contributed by atoms with Crippen LogP contribution in [-0.4, -0.2) is 25.1 Å². The lowest BCUT2D eigenvalue weighted by molar-refractivity contribution is -0.118. The Morgan fingerprint density at radius 2 is 1.97 bits per heavy atom. The lowest BCUT2D eigenvalue weighted by Crippen LogP contribution is -2.21. The molecule has 1 aliphatic carbocycles. The molecule has 0 saturated carbocycles. The molecule has 1 unspecified atom stereocenters. The van der Waals surface area contributed by atoms with Crippen molar-refractivity contribution in [2.75, 3.05) is 18.5 Å². The molecule has 3 rings (SSSR count). The summed E-state index contributed by atoms with van der Waals surface area (Å²) < 4.78 is 10.9. The minimum absolute atomic E-state index is 0.110. The molecule has 1 N–H and O–H groups in total. The first-order chi connectivity index (χ1) is 13.9. The second-order valence-corrected chi connectivity index (χ2v) is 8.82. The standard InChI is InChI=1S/C23H29NO4S/c1-5-27-23(26)21-20-15(4)7-6-8-18(20)29-22(21)24-19(25)13-28-17-11-9-16(10-12-17)14(2)3/h9-12,14-15H,5-8,13H2,1-4H3,(H,24,25). The molecular weight excluding hydrogens is 386 g/mol. The zero-order valence-electron chi connectivity index (χ0n) is 17.5. The molecule has 1 heterocycles. The molecule has 0 spiro atoms. The number of aryl methyl sites for hydroxylation is 1. The molecule has 0 radical (unpaired) electrons. The Morgan fingerprint density at radius 3 is 2.62 bits per heavy atom. The number of anilines is 1. The highest BCUT2D eigenvalue weighted by Crippen LogP contribution is 2.43. The van der Waals surface area contributed by atoms with Gasteiger partial charge in [0.25, 0.3) is 5.91 Å². The number of hydrogen-bond donors (Lipinski definition) is 1. The number of fused-ring (bicyclic) bond motifs is 1. The van der Waals surface area contributed by atoms with Crippen molar-refractivity contribution in [1.29, 1.82) is 0 Å². The van der Waals surface area contributed by atoms with Crippen molar-refractivity contribution in [3.8, 4) is 5.75 Å². The van der Waals surface area contributed by atoms with Crippen LogP contribution in [0.5, 0.6) is 5.75 Å². The van der Waals surface area contributed by atoms with Gasteiger partial charge in [0.05, 0.1) is 12.2 Å². The lowest BCUT2D eigenvalue weighted by atomic mass is 9.86. The molecule has 1 aromatic carbocycles. The maximum atomic E-state index is 12.6. The Labute approximate surface area is 176 Å². The molecular formula is C23H29NO4S. The van der Waals surface area contributed by atoms with Crippen molar-refractivity contribution in [2.45, 2.75) is 58.8 Å². The van der Waals surface area contributed by atoms with Crippen LogP contribution in [0.3, 0.4) is 0 Å². The number of hydrogen-bond acceptors (Lipinski definition) is 5. The molecule has 156 valence electrons. The van der Waals surface area contributed by atoms with E-state index in [0.717, 1.165) is 24.8 Å². The van der Waals surface area contributed by atoms with Gasteiger partial charge in [-0.3, -0.25) is 4.79 Å². The highest BCUT2D eigenvalue weighted by Gasteiger charge is 2.30. The SMILES string of the molecule is CCOC(=O)c1c(NC(=O)COc2ccc(C(C)C)cc2)sc2c1C(C)CCC2. The molecule has 29 heavy (non-hydrogen) atoms. The third-order valence-electron chi connectivity index (χ3n) is 5.21. The van der Waals surface area contributed by atoms with Crippen molar-refractivity contribution >= 4 is 28.2 Å². The van der Waals surface area contributed by atoms with E-state index in [0.29, 0.717) is 28.8 Å². The fourth-order valence-electron chi connectivity index (χ4n) is 3.67. The van der Waals surface area contributed by atoms with Crippen LogP contribution in [0.2, 0.25) is 0 Å². The van der Waals surface area contributed by atoms with E-state index in [1.807, 2.05) is 24.3 Å². The van der Waals surface area contributed by atoms with Crippen LogP contribution in [0, 0.1) is 0 Å². The molecule has 0 fully saturated rings. The van der Waals surface area contributed by atoms with Gasteiger partial charge in [0, 0.05) is 4.88 Å². The van der Waals surface area contributed by atoms with E-state index in [9.17, 15) is 9.59 Å². The second kappa shape index (κ2) is 9.44. The molecule has 0 bridgehead atoms. The van der Waals surface area contributed by atoms with Crippen LogP contribution < -0.4 is 10.1 Å². The minimum Gasteiger partial charge on any atom is -0.484 e. The lowest BCUT2D eigenvalue weighted by Gasteiger charge is -2.19. The summed E-state index contributed by atoms with van der Waals surface area (Å²) in [6.45, 7) is 8.37. The highest BCUT2D eigenvalue weighted by atomic mass is 32.1. The van der Waals surface area contributed by atoms with E-state index in [1.54, 1.807) is 6.92 Å². The van der Waals surface area contributed by atoms with E-state index in [2.05, 4.69) is 26.1 Å². The first-order valence-corrected chi connectivity index (χ1v) is 11.1. The molecule has 2 aromatic rings. The zero-order valence-corrected chi connectivity index (χ0v) is 18.4. The smallest absolute Gasteiger partial charge is 0.341 e. The maximum absolute atomic E-state index is 12.6. The third kappa shape index (κ3) is 4.99. The van der Waals surface area contributed by atoms with Crippen LogP contribution in [-0.2, 0) is 16.0 Å². The van der Waals surface area contributed by atoms with E-state index in [4.69, 9.17) is 9.47 Å². The van der Waals surface area contributed by atoms with Gasteiger partial charge in [0.2, 0.25) is 0 Å². The van der Waals surface area contributed by atoms with Crippen molar-refractivity contribution in [3.05, 3.63) is 45.8 Å². The molecule has 1 amide bonds. The number of ether oxygens (including phenoxy) is 2. The molecule has 1 aliphatic rings. The zero-order chi connectivity index (χ0) is 21.0. The van der Waals surface area contributed by atoms with Crippen molar-refractivity contribution in [2.24, 2.45) is 0 Å². The number of carbonyl (C=O) groups is 2. The fourth-order valence-corrected chi connectivity index (χ4v) is 5.03. The first-order valence-electron chi connectivity index (χ1n) is 10.3. The first kappa shape index (κ1) is 21.4. The van der Waals surface area contributed by atoms with Gasteiger partial charge in [-0.15, -0.1) is 11.3 Å². The molecule has 0 aliphatic heterocycles. The van der Waals surface area contributed by atoms with E-state index >= 15 is 0 Å². The summed E-state index contributed by atoms with van der Waals surface area (Å²) >= 11 is 1.49. The number of benzene rings is 1. The predicted octanol–water partition coefficient (Wildman–Crippen LogP) is 5.51. The molecule has 1 atom stereocenters. The Bertz CT molecular complexity index is 870. The van der Waals surface area contributed by atoms with Gasteiger partial charge in [-0.1, -0.05) is 32.9 Å². The van der Waals surface area contributed by atoms with E-state index in [-0.39, 0.29) is 24.4 Å². The summed E-state index contributed by atoms with van der Waals surface area (Å²) in [5, 5.41) is 3.46. The third-order valence-corrected chi connectivity index (χ3v) is 6.39. The van der Waals surface area contributed by atoms with E-state index < -0.39 is 0 Å². The quantitative estimate of drug-likeness (QED) is 0.606. The predicted molar refractivity (Wildman–Crippen MR) is 116 cm³/mol. The summed E-state index contributed by atoms with van der Waals surface area (Å²) in [7, 11) is 0. The van der Waals surface area contributed by atoms with Crippen LogP contribution >= 0.6 is 11.3 Å². The van der Waals surface area contributed by atoms with Crippen LogP contribution in [0.1, 0.15) is 78.7 Å². The summed E-state index contributed by atoms with van der Waals surface area (Å²) in [6, 6.07) is 7.76. The average molecular weight is 416 g/mol. The number of carbonyl (C=O) groups excluding carboxylic acids is 2. The maximum Gasteiger partial charge on any atom is 0.341 e. The fraction of sp³-hybridized carbons (Fsp3) is 0.478. The number of esters is 1. The topological polar surface area (TPSA) is 64.6 Å². The van der Waals surface area contributed by atoms with Gasteiger partial charge in [-0.05, 0) is 61.3 Å². The molecule has 0 saturated heterocycles. The highest BCUT2D eigenvalue weighted by molar-refractivity contribution is 7.17. The summed E-state index contributed by atoms with van der Waals surface area (Å²) in [6.07, 6.45) is 3.07. The largest absolute Gasteiger partial charge is 0.484 e. The summed E-state index contributed by atoms with van der Waals surface area (Å²) in [4.78, 5) is 26.3. The van der Waals surface area contributed by atoms with Gasteiger partial charge in [0.15, 0.2) is 6.61 Å². The Balaban J connectivity index is 1.71. The number of thiophene rings is 1. The van der Waals surface area contributed by atoms with Crippen molar-refractivity contribution in [1.82, 2.24) is 0 Å². The monoisotopic (exact) mass is 415 g/mol. The van der Waals surface area contributed by atoms with Crippen molar-refractivity contribution < 1.29 is 19.1 Å². The molecule has 6 heteroatoms. The van der Waals surface area contributed by atoms with Crippen molar-refractivity contribution in [3.63, 3.8) is 0 Å². The molecule has 1 aromatic heterocycles. The minimum atomic E-state index is -0.362. The average Bonchev–Trinajstić information content (AvgIpc) is 3.06. The normalized spacial score (nSPS) is 15.7. The Kier molecular flexibility index (Phi) is 6.96. The van der Waals surface area contributed by atoms with Gasteiger partial charge in [-0.2, -0.15) is 0 Å². The van der Waals surface area contributed by atoms with Gasteiger partial charge in [0.1, 0.15) is 10.8 Å². The van der Waals surface area contributed by atoms with Crippen LogP contribution in [0.25, 0.3) is 0 Å². The van der Waals surface area contributed by atoms with Crippen LogP contribution in [0.4, 0.5) is 5.00 Å². The number of rotatable bonds is 7. The number of amides is 1. The Morgan fingerprint density at radius 1 is 1.24 bits per heavy atom. The van der Waals surface area contributed by atoms with Gasteiger partial charge in [-0.25, -0.2) is 4.79 Å². The van der Waals surface area contributed by atoms with Gasteiger partial charge >= 0.3 is 5.97 Å².